The molecular formula is C11H20N2O2S. The smallest absolute Gasteiger partial charge is 0.312 e. The number of nitrogens with zero attached hydrogens (tertiary/aromatic N) is 2. The van der Waals surface area contributed by atoms with Gasteiger partial charge in [-0.1, -0.05) is 13.8 Å². The van der Waals surface area contributed by atoms with Crippen LogP contribution in [0.5, 0.6) is 0 Å². The topological polar surface area (TPSA) is 40.6 Å². The number of rotatable bonds is 5. The minimum absolute atomic E-state index is 0.331. The summed E-state index contributed by atoms with van der Waals surface area (Å²) < 4.78 is 0. The lowest BCUT2D eigenvalue weighted by Gasteiger charge is -2.34. The number of piperazine rings is 1. The van der Waals surface area contributed by atoms with Crippen LogP contribution in [-0.2, 0) is 9.59 Å². The molecule has 1 heterocycles. The van der Waals surface area contributed by atoms with Crippen molar-refractivity contribution in [3.63, 3.8) is 0 Å². The molecule has 1 atom stereocenters. The fourth-order valence-corrected chi connectivity index (χ4v) is 1.92. The van der Waals surface area contributed by atoms with Crippen LogP contribution in [0.25, 0.3) is 0 Å². The van der Waals surface area contributed by atoms with Crippen LogP contribution in [0, 0.1) is 5.92 Å². The summed E-state index contributed by atoms with van der Waals surface area (Å²) in [6, 6.07) is 0. The molecule has 0 aliphatic carbocycles. The van der Waals surface area contributed by atoms with Gasteiger partial charge in [-0.15, -0.1) is 0 Å². The molecule has 1 saturated heterocycles. The molecule has 1 rings (SSSR count). The van der Waals surface area contributed by atoms with Crippen LogP contribution in [0.2, 0.25) is 0 Å². The van der Waals surface area contributed by atoms with Crippen molar-refractivity contribution in [2.45, 2.75) is 20.3 Å². The second-order valence-electron chi connectivity index (χ2n) is 4.33. The van der Waals surface area contributed by atoms with Crippen molar-refractivity contribution in [2.24, 2.45) is 5.92 Å². The van der Waals surface area contributed by atoms with E-state index in [1.807, 2.05) is 13.8 Å². The van der Waals surface area contributed by atoms with Gasteiger partial charge in [-0.3, -0.25) is 9.59 Å². The van der Waals surface area contributed by atoms with Gasteiger partial charge in [0.1, 0.15) is 0 Å². The van der Waals surface area contributed by atoms with E-state index in [2.05, 4.69) is 12.6 Å². The van der Waals surface area contributed by atoms with Gasteiger partial charge in [0.2, 0.25) is 0 Å². The molecule has 0 aromatic heterocycles. The van der Waals surface area contributed by atoms with Crippen molar-refractivity contribution in [2.75, 3.05) is 31.9 Å². The molecule has 0 saturated carbocycles. The van der Waals surface area contributed by atoms with Gasteiger partial charge < -0.3 is 9.80 Å². The highest BCUT2D eigenvalue weighted by Gasteiger charge is 2.32. The number of carbonyl (C=O) groups is 2. The van der Waals surface area contributed by atoms with Crippen molar-refractivity contribution in [3.05, 3.63) is 0 Å². The molecule has 0 spiro atoms. The minimum atomic E-state index is -0.353. The lowest BCUT2D eigenvalue weighted by molar-refractivity contribution is -0.156. The first-order chi connectivity index (χ1) is 7.60. The molecule has 2 amide bonds. The number of hydrogen-bond acceptors (Lipinski definition) is 3. The molecule has 4 nitrogen and oxygen atoms in total. The Balaban J connectivity index is 2.54. The number of amides is 2. The summed E-state index contributed by atoms with van der Waals surface area (Å²) in [6.07, 6.45) is 0.895. The third-order valence-electron chi connectivity index (χ3n) is 2.73. The Labute approximate surface area is 102 Å². The van der Waals surface area contributed by atoms with Gasteiger partial charge in [-0.2, -0.15) is 12.6 Å². The maximum Gasteiger partial charge on any atom is 0.312 e. The van der Waals surface area contributed by atoms with E-state index in [0.717, 1.165) is 12.2 Å². The number of carbonyl (C=O) groups excluding carboxylic acids is 2. The summed E-state index contributed by atoms with van der Waals surface area (Å²) >= 11 is 4.19. The van der Waals surface area contributed by atoms with E-state index in [1.54, 1.807) is 9.80 Å². The second kappa shape index (κ2) is 6.13. The Morgan fingerprint density at radius 1 is 1.25 bits per heavy atom. The summed E-state index contributed by atoms with van der Waals surface area (Å²) in [5, 5.41) is 0. The Kier molecular flexibility index (Phi) is 5.12. The van der Waals surface area contributed by atoms with E-state index in [0.29, 0.717) is 32.1 Å². The minimum Gasteiger partial charge on any atom is -0.333 e. The molecule has 1 aliphatic heterocycles. The van der Waals surface area contributed by atoms with E-state index < -0.39 is 0 Å². The summed E-state index contributed by atoms with van der Waals surface area (Å²) in [5.41, 5.74) is 0. The Morgan fingerprint density at radius 3 is 2.38 bits per heavy atom. The SMILES string of the molecule is CCCN1CCN(CC(C)CS)C(=O)C1=O. The molecule has 0 N–H and O–H groups in total. The van der Waals surface area contributed by atoms with Crippen LogP contribution in [0.4, 0.5) is 0 Å². The van der Waals surface area contributed by atoms with Crippen LogP contribution in [-0.4, -0.2) is 53.5 Å². The average Bonchev–Trinajstić information content (AvgIpc) is 2.28. The Bertz CT molecular complexity index is 271. The first kappa shape index (κ1) is 13.4. The molecule has 16 heavy (non-hydrogen) atoms. The van der Waals surface area contributed by atoms with Crippen LogP contribution in [0.1, 0.15) is 20.3 Å². The maximum absolute atomic E-state index is 11.8. The molecule has 0 bridgehead atoms. The Hall–Kier alpha value is -0.710. The molecule has 1 aliphatic rings. The van der Waals surface area contributed by atoms with E-state index >= 15 is 0 Å². The summed E-state index contributed by atoms with van der Waals surface area (Å²) in [7, 11) is 0. The van der Waals surface area contributed by atoms with Gasteiger partial charge in [0.05, 0.1) is 0 Å². The van der Waals surface area contributed by atoms with Crippen molar-refractivity contribution in [3.8, 4) is 0 Å². The van der Waals surface area contributed by atoms with Gasteiger partial charge in [0.15, 0.2) is 0 Å². The second-order valence-corrected chi connectivity index (χ2v) is 4.70. The van der Waals surface area contributed by atoms with E-state index in [9.17, 15) is 9.59 Å². The summed E-state index contributed by atoms with van der Waals surface area (Å²) in [6.45, 7) is 6.67. The predicted molar refractivity (Wildman–Crippen MR) is 66.5 cm³/mol. The molecular weight excluding hydrogens is 224 g/mol. The predicted octanol–water partition coefficient (Wildman–Crippen LogP) is 0.633. The lowest BCUT2D eigenvalue weighted by Crippen LogP contribution is -2.55. The molecule has 5 heteroatoms. The number of hydrogen-bond donors (Lipinski definition) is 1. The molecule has 0 aromatic rings. The van der Waals surface area contributed by atoms with E-state index in [-0.39, 0.29) is 11.8 Å². The molecule has 1 unspecified atom stereocenters. The zero-order valence-corrected chi connectivity index (χ0v) is 10.9. The molecule has 92 valence electrons. The third-order valence-corrected chi connectivity index (χ3v) is 3.36. The van der Waals surface area contributed by atoms with Crippen molar-refractivity contribution in [1.82, 2.24) is 9.80 Å². The normalized spacial score (nSPS) is 19.2. The van der Waals surface area contributed by atoms with Gasteiger partial charge in [-0.25, -0.2) is 0 Å². The van der Waals surface area contributed by atoms with Gasteiger partial charge >= 0.3 is 11.8 Å². The van der Waals surface area contributed by atoms with E-state index in [4.69, 9.17) is 0 Å². The highest BCUT2D eigenvalue weighted by Crippen LogP contribution is 2.09. The highest BCUT2D eigenvalue weighted by atomic mass is 32.1. The first-order valence-electron chi connectivity index (χ1n) is 5.79. The van der Waals surface area contributed by atoms with Gasteiger partial charge in [-0.05, 0) is 18.1 Å². The number of thiol groups is 1. The van der Waals surface area contributed by atoms with Gasteiger partial charge in [0.25, 0.3) is 0 Å². The molecule has 1 fully saturated rings. The van der Waals surface area contributed by atoms with Crippen LogP contribution < -0.4 is 0 Å². The van der Waals surface area contributed by atoms with Crippen molar-refractivity contribution in [1.29, 1.82) is 0 Å². The van der Waals surface area contributed by atoms with Crippen LogP contribution in [0.15, 0.2) is 0 Å². The standard InChI is InChI=1S/C11H20N2O2S/c1-3-4-12-5-6-13(7-9(2)8-16)11(15)10(12)14/h9,16H,3-8H2,1-2H3. The van der Waals surface area contributed by atoms with Crippen LogP contribution >= 0.6 is 12.6 Å². The van der Waals surface area contributed by atoms with Crippen molar-refractivity contribution < 1.29 is 9.59 Å². The zero-order chi connectivity index (χ0) is 12.1. The largest absolute Gasteiger partial charge is 0.333 e. The lowest BCUT2D eigenvalue weighted by atomic mass is 10.1. The summed E-state index contributed by atoms with van der Waals surface area (Å²) in [5.74, 6) is 0.363. The van der Waals surface area contributed by atoms with E-state index in [1.165, 1.54) is 0 Å². The molecule has 0 radical (unpaired) electrons. The fraction of sp³-hybridized carbons (Fsp3) is 0.818. The maximum atomic E-state index is 11.8. The average molecular weight is 244 g/mol. The molecule has 0 aromatic carbocycles. The first-order valence-corrected chi connectivity index (χ1v) is 6.42. The fourth-order valence-electron chi connectivity index (χ4n) is 1.81. The van der Waals surface area contributed by atoms with Gasteiger partial charge in [0, 0.05) is 26.2 Å². The quantitative estimate of drug-likeness (QED) is 0.569. The monoisotopic (exact) mass is 244 g/mol. The third kappa shape index (κ3) is 3.14. The summed E-state index contributed by atoms with van der Waals surface area (Å²) in [4.78, 5) is 26.8. The van der Waals surface area contributed by atoms with Crippen LogP contribution in [0.3, 0.4) is 0 Å². The highest BCUT2D eigenvalue weighted by molar-refractivity contribution is 7.80. The van der Waals surface area contributed by atoms with Crippen molar-refractivity contribution >= 4 is 24.4 Å². The Morgan fingerprint density at radius 2 is 1.81 bits per heavy atom. The zero-order valence-electron chi connectivity index (χ0n) is 9.98.